The smallest absolute Gasteiger partial charge is 0.0645 e. The fourth-order valence-corrected chi connectivity index (χ4v) is 9.66. The van der Waals surface area contributed by atoms with Crippen LogP contribution in [0, 0.1) is 0 Å². The molecule has 69 heavy (non-hydrogen) atoms. The van der Waals surface area contributed by atoms with Crippen molar-refractivity contribution >= 4 is 38.6 Å². The maximum absolute atomic E-state index is 9.82. The van der Waals surface area contributed by atoms with Gasteiger partial charge in [-0.2, -0.15) is 0 Å². The molecule has 0 amide bonds. The molecule has 0 saturated heterocycles. The maximum atomic E-state index is 9.82. The molecule has 0 aliphatic carbocycles. The van der Waals surface area contributed by atoms with Crippen LogP contribution in [0.1, 0.15) is 5.48 Å². The van der Waals surface area contributed by atoms with Gasteiger partial charge in [0.25, 0.3) is 0 Å². The minimum Gasteiger partial charge on any atom is -0.311 e. The van der Waals surface area contributed by atoms with Gasteiger partial charge in [0, 0.05) is 17.1 Å². The normalized spacial score (nSPS) is 12.0. The van der Waals surface area contributed by atoms with Gasteiger partial charge in [-0.25, -0.2) is 0 Å². The number of fused-ring (bicyclic) bond motifs is 2. The Morgan fingerprint density at radius 3 is 1.36 bits per heavy atom. The van der Waals surface area contributed by atoms with Gasteiger partial charge in [-0.1, -0.05) is 230 Å². The van der Waals surface area contributed by atoms with Crippen LogP contribution in [0.4, 0.5) is 17.1 Å². The van der Waals surface area contributed by atoms with Gasteiger partial charge in [-0.05, 0) is 154 Å². The Kier molecular flexibility index (Phi) is 9.85. The maximum Gasteiger partial charge on any atom is 0.0645 e. The molecule has 0 aliphatic rings. The van der Waals surface area contributed by atoms with E-state index in [0.29, 0.717) is 16.9 Å². The van der Waals surface area contributed by atoms with E-state index < -0.39 is 0 Å². The molecule has 0 saturated carbocycles. The largest absolute Gasteiger partial charge is 0.311 e. The first-order valence-corrected chi connectivity index (χ1v) is 23.4. The molecule has 0 atom stereocenters. The lowest BCUT2D eigenvalue weighted by Crippen LogP contribution is -2.09. The number of rotatable bonds is 10. The van der Waals surface area contributed by atoms with E-state index in [-0.39, 0.29) is 35.4 Å². The molecule has 0 fully saturated rings. The molecular formula is C68H47N. The summed E-state index contributed by atoms with van der Waals surface area (Å²) in [6, 6.07) is 88.9. The summed E-state index contributed by atoms with van der Waals surface area (Å²) in [5.41, 5.74) is 15.1. The van der Waals surface area contributed by atoms with Gasteiger partial charge < -0.3 is 4.90 Å². The molecular weight excluding hydrogens is 831 g/mol. The van der Waals surface area contributed by atoms with Crippen LogP contribution in [0.25, 0.3) is 99.4 Å². The molecule has 12 aromatic carbocycles. The summed E-state index contributed by atoms with van der Waals surface area (Å²) < 4.78 is 39.1. The Hall–Kier alpha value is -9.04. The summed E-state index contributed by atoms with van der Waals surface area (Å²) in [6.07, 6.45) is 0. The average Bonchev–Trinajstić information content (AvgIpc) is 3.46. The number of nitrogens with zero attached hydrogens (tertiary/aromatic N) is 1. The van der Waals surface area contributed by atoms with Gasteiger partial charge >= 0.3 is 0 Å². The highest BCUT2D eigenvalue weighted by Gasteiger charge is 2.17. The van der Waals surface area contributed by atoms with Crippen LogP contribution in [-0.2, 0) is 0 Å². The number of hydrogen-bond donors (Lipinski definition) is 0. The number of hydrogen-bond acceptors (Lipinski definition) is 1. The first-order chi connectivity index (χ1) is 35.9. The van der Waals surface area contributed by atoms with Gasteiger partial charge in [-0.15, -0.1) is 0 Å². The third kappa shape index (κ3) is 8.28. The predicted molar refractivity (Wildman–Crippen MR) is 294 cm³/mol. The van der Waals surface area contributed by atoms with Crippen molar-refractivity contribution in [2.24, 2.45) is 0 Å². The van der Waals surface area contributed by atoms with Crippen LogP contribution in [0.15, 0.2) is 285 Å². The van der Waals surface area contributed by atoms with Crippen molar-refractivity contribution in [2.45, 2.75) is 0 Å². The van der Waals surface area contributed by atoms with E-state index in [1.54, 1.807) is 0 Å². The minimum atomic E-state index is -0.137. The zero-order chi connectivity index (χ0) is 49.4. The molecule has 0 N–H and O–H groups in total. The molecule has 0 heterocycles. The Bertz CT molecular complexity index is 3960. The Morgan fingerprint density at radius 2 is 0.681 bits per heavy atom. The summed E-state index contributed by atoms with van der Waals surface area (Å²) in [5.74, 6) is 0. The first-order valence-electron chi connectivity index (χ1n) is 25.4. The standard InChI is InChI=1S/C68H47N/c1-4-16-51(17-5-1)64-43-36-60(47-67(64)52-18-6-2-7-19-52)50-31-39-62(40-32-50)69(61-37-29-49(30-38-61)57-24-14-25-58(45-57)59-28-27-48-15-10-11-23-56(48)46-59)63-41-33-54(34-42-63)66-44-35-53-20-12-13-26-65(53)68(66)55-21-8-3-9-22-55/h1-47H/i31D,32D,39D,40D. The van der Waals surface area contributed by atoms with E-state index in [4.69, 9.17) is 0 Å². The zero-order valence-electron chi connectivity index (χ0n) is 41.8. The third-order valence-electron chi connectivity index (χ3n) is 13.1. The van der Waals surface area contributed by atoms with Crippen LogP contribution in [0.5, 0.6) is 0 Å². The van der Waals surface area contributed by atoms with E-state index in [0.717, 1.165) is 77.5 Å². The van der Waals surface area contributed by atoms with Crippen LogP contribution < -0.4 is 4.90 Å². The molecule has 0 aliphatic heterocycles. The molecule has 0 aromatic heterocycles. The Balaban J connectivity index is 0.985. The van der Waals surface area contributed by atoms with Crippen molar-refractivity contribution in [3.8, 4) is 77.9 Å². The van der Waals surface area contributed by atoms with E-state index in [1.165, 1.54) is 10.8 Å². The van der Waals surface area contributed by atoms with E-state index in [9.17, 15) is 5.48 Å². The van der Waals surface area contributed by atoms with E-state index in [1.807, 2.05) is 89.8 Å². The second-order valence-corrected chi connectivity index (χ2v) is 17.4. The van der Waals surface area contributed by atoms with Crippen molar-refractivity contribution in [3.63, 3.8) is 0 Å². The van der Waals surface area contributed by atoms with Crippen molar-refractivity contribution < 1.29 is 5.48 Å². The Labute approximate surface area is 410 Å². The van der Waals surface area contributed by atoms with Gasteiger partial charge in [0.2, 0.25) is 0 Å². The second kappa shape index (κ2) is 18.3. The lowest BCUT2D eigenvalue weighted by atomic mass is 9.90. The summed E-state index contributed by atoms with van der Waals surface area (Å²) in [7, 11) is 0. The quantitative estimate of drug-likeness (QED) is 0.132. The summed E-state index contributed by atoms with van der Waals surface area (Å²) >= 11 is 0. The van der Waals surface area contributed by atoms with Crippen LogP contribution in [-0.4, -0.2) is 0 Å². The number of benzene rings is 12. The first kappa shape index (κ1) is 37.1. The lowest BCUT2D eigenvalue weighted by Gasteiger charge is -2.26. The highest BCUT2D eigenvalue weighted by Crippen LogP contribution is 2.42. The summed E-state index contributed by atoms with van der Waals surface area (Å²) in [5, 5.41) is 4.71. The Morgan fingerprint density at radius 1 is 0.232 bits per heavy atom. The highest BCUT2D eigenvalue weighted by atomic mass is 15.1. The van der Waals surface area contributed by atoms with E-state index in [2.05, 4.69) is 176 Å². The minimum absolute atomic E-state index is 0.116. The van der Waals surface area contributed by atoms with Crippen molar-refractivity contribution in [3.05, 3.63) is 285 Å². The molecule has 324 valence electrons. The molecule has 1 nitrogen and oxygen atoms in total. The van der Waals surface area contributed by atoms with Gasteiger partial charge in [-0.3, -0.25) is 0 Å². The monoisotopic (exact) mass is 881 g/mol. The van der Waals surface area contributed by atoms with Crippen molar-refractivity contribution in [1.29, 1.82) is 0 Å². The SMILES string of the molecule is [2H]c1c([2H])c(N(c2ccc(-c3cccc(-c4ccc5ccccc5c4)c3)cc2)c2ccc(-c3ccc4ccccc4c3-c3ccccc3)cc2)c([2H])c([2H])c1-c1ccc(-c2ccccc2)c(-c2ccccc2)c1. The zero-order valence-corrected chi connectivity index (χ0v) is 37.8. The molecule has 0 unspecified atom stereocenters. The fourth-order valence-electron chi connectivity index (χ4n) is 9.66. The fraction of sp³-hybridized carbons (Fsp3) is 0. The van der Waals surface area contributed by atoms with Gasteiger partial charge in [0.15, 0.2) is 0 Å². The topological polar surface area (TPSA) is 3.24 Å². The summed E-state index contributed by atoms with van der Waals surface area (Å²) in [4.78, 5) is 1.87. The van der Waals surface area contributed by atoms with Crippen molar-refractivity contribution in [2.75, 3.05) is 4.90 Å². The molecule has 12 aromatic rings. The second-order valence-electron chi connectivity index (χ2n) is 17.4. The number of anilines is 3. The molecule has 12 rings (SSSR count). The molecule has 1 heteroatoms. The van der Waals surface area contributed by atoms with Crippen LogP contribution >= 0.6 is 0 Å². The average molecular weight is 882 g/mol. The molecule has 0 spiro atoms. The lowest BCUT2D eigenvalue weighted by molar-refractivity contribution is 1.28. The van der Waals surface area contributed by atoms with Crippen LogP contribution in [0.3, 0.4) is 0 Å². The van der Waals surface area contributed by atoms with Gasteiger partial charge in [0.05, 0.1) is 5.48 Å². The molecule has 0 bridgehead atoms. The molecule has 0 radical (unpaired) electrons. The highest BCUT2D eigenvalue weighted by molar-refractivity contribution is 6.04. The van der Waals surface area contributed by atoms with E-state index >= 15 is 0 Å². The third-order valence-corrected chi connectivity index (χ3v) is 13.1. The van der Waals surface area contributed by atoms with Crippen LogP contribution in [0.2, 0.25) is 0 Å². The van der Waals surface area contributed by atoms with Crippen molar-refractivity contribution in [1.82, 2.24) is 0 Å². The van der Waals surface area contributed by atoms with Gasteiger partial charge in [0.1, 0.15) is 0 Å². The predicted octanol–water partition coefficient (Wildman–Crippen LogP) is 19.1. The summed E-state index contributed by atoms with van der Waals surface area (Å²) in [6.45, 7) is 0.